The highest BCUT2D eigenvalue weighted by atomic mass is 15.3. The number of nitrogens with zero attached hydrogens (tertiary/aromatic N) is 4. The van der Waals surface area contributed by atoms with Gasteiger partial charge in [-0.3, -0.25) is 4.98 Å². The Hall–Kier alpha value is -1.71. The zero-order valence-corrected chi connectivity index (χ0v) is 7.31. The number of pyridine rings is 1. The second kappa shape index (κ2) is 3.35. The summed E-state index contributed by atoms with van der Waals surface area (Å²) in [6.45, 7) is 2.86. The van der Waals surface area contributed by atoms with Gasteiger partial charge in [0, 0.05) is 24.5 Å². The Morgan fingerprint density at radius 1 is 1.38 bits per heavy atom. The van der Waals surface area contributed by atoms with Crippen LogP contribution in [-0.2, 0) is 6.54 Å². The Morgan fingerprint density at radius 3 is 2.85 bits per heavy atom. The van der Waals surface area contributed by atoms with Crippen LogP contribution >= 0.6 is 0 Å². The largest absolute Gasteiger partial charge is 0.305 e. The fourth-order valence-corrected chi connectivity index (χ4v) is 1.16. The molecule has 0 bridgehead atoms. The summed E-state index contributed by atoms with van der Waals surface area (Å²) in [5.74, 6) is 0.838. The predicted molar refractivity (Wildman–Crippen MR) is 47.8 cm³/mol. The Kier molecular flexibility index (Phi) is 2.04. The average molecular weight is 173 g/mol. The van der Waals surface area contributed by atoms with E-state index in [1.807, 2.05) is 23.6 Å². The lowest BCUT2D eigenvalue weighted by Gasteiger charge is -2.00. The molecule has 0 fully saturated rings. The molecular formula is C9H9N4. The maximum Gasteiger partial charge on any atom is 0.202 e. The first-order valence-electron chi connectivity index (χ1n) is 4.13. The number of hydrogen-bond acceptors (Lipinski definition) is 3. The van der Waals surface area contributed by atoms with Gasteiger partial charge < -0.3 is 4.57 Å². The smallest absolute Gasteiger partial charge is 0.202 e. The molecule has 1 radical (unpaired) electrons. The van der Waals surface area contributed by atoms with E-state index in [2.05, 4.69) is 21.5 Å². The molecule has 0 saturated carbocycles. The maximum atomic E-state index is 3.99. The normalized spacial score (nSPS) is 10.2. The molecule has 0 N–H and O–H groups in total. The van der Waals surface area contributed by atoms with Crippen LogP contribution in [0.5, 0.6) is 0 Å². The molecule has 0 atom stereocenters. The van der Waals surface area contributed by atoms with E-state index in [9.17, 15) is 0 Å². The minimum absolute atomic E-state index is 0.824. The van der Waals surface area contributed by atoms with Crippen LogP contribution in [0.1, 0.15) is 6.92 Å². The van der Waals surface area contributed by atoms with Gasteiger partial charge in [-0.2, -0.15) is 0 Å². The lowest BCUT2D eigenvalue weighted by Crippen LogP contribution is -1.96. The van der Waals surface area contributed by atoms with Crippen molar-refractivity contribution in [2.75, 3.05) is 0 Å². The highest BCUT2D eigenvalue weighted by Crippen LogP contribution is 2.13. The number of rotatable bonds is 2. The highest BCUT2D eigenvalue weighted by Gasteiger charge is 2.04. The van der Waals surface area contributed by atoms with Crippen molar-refractivity contribution in [2.45, 2.75) is 13.5 Å². The summed E-state index contributed by atoms with van der Waals surface area (Å²) in [6, 6.07) is 3.81. The monoisotopic (exact) mass is 173 g/mol. The molecule has 0 unspecified atom stereocenters. The molecule has 0 aliphatic rings. The van der Waals surface area contributed by atoms with Gasteiger partial charge in [0.25, 0.3) is 0 Å². The molecule has 65 valence electrons. The number of hydrogen-bond donors (Lipinski definition) is 0. The maximum absolute atomic E-state index is 3.99. The van der Waals surface area contributed by atoms with Gasteiger partial charge in [-0.05, 0) is 19.1 Å². The topological polar surface area (TPSA) is 43.6 Å². The molecule has 0 aliphatic heterocycles. The molecule has 4 heteroatoms. The molecule has 4 nitrogen and oxygen atoms in total. The molecule has 0 amide bonds. The van der Waals surface area contributed by atoms with Gasteiger partial charge in [0.05, 0.1) is 0 Å². The fourth-order valence-electron chi connectivity index (χ4n) is 1.16. The third-order valence-electron chi connectivity index (χ3n) is 1.82. The SMILES string of the molecule is CCn1[c]nnc1-c1ccncc1. The second-order valence-electron chi connectivity index (χ2n) is 2.60. The molecule has 2 rings (SSSR count). The average Bonchev–Trinajstić information content (AvgIpc) is 2.67. The van der Waals surface area contributed by atoms with E-state index in [0.29, 0.717) is 0 Å². The summed E-state index contributed by atoms with van der Waals surface area (Å²) in [5, 5.41) is 7.72. The van der Waals surface area contributed by atoms with Gasteiger partial charge in [0.15, 0.2) is 5.82 Å². The van der Waals surface area contributed by atoms with E-state index in [0.717, 1.165) is 17.9 Å². The first-order chi connectivity index (χ1) is 6.42. The fraction of sp³-hybridized carbons (Fsp3) is 0.222. The number of aryl methyl sites for hydroxylation is 1. The third-order valence-corrected chi connectivity index (χ3v) is 1.82. The van der Waals surface area contributed by atoms with Crippen molar-refractivity contribution in [3.05, 3.63) is 30.9 Å². The van der Waals surface area contributed by atoms with E-state index in [4.69, 9.17) is 0 Å². The van der Waals surface area contributed by atoms with Crippen molar-refractivity contribution in [1.82, 2.24) is 19.7 Å². The molecule has 0 aliphatic carbocycles. The van der Waals surface area contributed by atoms with Gasteiger partial charge >= 0.3 is 0 Å². The van der Waals surface area contributed by atoms with Gasteiger partial charge in [0.1, 0.15) is 0 Å². The van der Waals surface area contributed by atoms with Gasteiger partial charge in [-0.1, -0.05) is 0 Å². The lowest BCUT2D eigenvalue weighted by atomic mass is 10.2. The summed E-state index contributed by atoms with van der Waals surface area (Å²) < 4.78 is 1.87. The molecule has 0 aromatic carbocycles. The minimum Gasteiger partial charge on any atom is -0.305 e. The molecule has 2 heterocycles. The quantitative estimate of drug-likeness (QED) is 0.684. The first-order valence-corrected chi connectivity index (χ1v) is 4.13. The van der Waals surface area contributed by atoms with Crippen LogP contribution in [0.15, 0.2) is 24.5 Å². The van der Waals surface area contributed by atoms with Crippen molar-refractivity contribution in [1.29, 1.82) is 0 Å². The zero-order chi connectivity index (χ0) is 9.10. The van der Waals surface area contributed by atoms with Crippen molar-refractivity contribution in [3.63, 3.8) is 0 Å². The lowest BCUT2D eigenvalue weighted by molar-refractivity contribution is 0.760. The third kappa shape index (κ3) is 1.42. The molecule has 0 spiro atoms. The van der Waals surface area contributed by atoms with Crippen LogP contribution < -0.4 is 0 Å². The second-order valence-corrected chi connectivity index (χ2v) is 2.60. The zero-order valence-electron chi connectivity index (χ0n) is 7.31. The van der Waals surface area contributed by atoms with Gasteiger partial charge in [-0.25, -0.2) is 0 Å². The van der Waals surface area contributed by atoms with Crippen LogP contribution in [0.4, 0.5) is 0 Å². The van der Waals surface area contributed by atoms with E-state index in [1.54, 1.807) is 12.4 Å². The van der Waals surface area contributed by atoms with Gasteiger partial charge in [-0.15, -0.1) is 10.2 Å². The van der Waals surface area contributed by atoms with E-state index in [1.165, 1.54) is 0 Å². The Morgan fingerprint density at radius 2 is 2.15 bits per heavy atom. The molecule has 2 aromatic heterocycles. The molecular weight excluding hydrogens is 164 g/mol. The standard InChI is InChI=1S/C9H9N4/c1-2-13-7-11-12-9(13)8-3-5-10-6-4-8/h3-6H,2H2,1H3. The summed E-state index contributed by atoms with van der Waals surface area (Å²) in [4.78, 5) is 3.94. The van der Waals surface area contributed by atoms with Crippen LogP contribution in [0.3, 0.4) is 0 Å². The van der Waals surface area contributed by atoms with Gasteiger partial charge in [0.2, 0.25) is 6.33 Å². The Bertz CT molecular complexity index is 380. The van der Waals surface area contributed by atoms with Crippen molar-refractivity contribution in [3.8, 4) is 11.4 Å². The van der Waals surface area contributed by atoms with Crippen LogP contribution in [-0.4, -0.2) is 19.7 Å². The van der Waals surface area contributed by atoms with Crippen LogP contribution in [0, 0.1) is 6.33 Å². The van der Waals surface area contributed by atoms with Crippen molar-refractivity contribution < 1.29 is 0 Å². The van der Waals surface area contributed by atoms with Crippen molar-refractivity contribution in [2.24, 2.45) is 0 Å². The minimum atomic E-state index is 0.824. The predicted octanol–water partition coefficient (Wildman–Crippen LogP) is 1.16. The first kappa shape index (κ1) is 7.91. The summed E-state index contributed by atoms with van der Waals surface area (Å²) in [6.07, 6.45) is 6.27. The molecule has 13 heavy (non-hydrogen) atoms. The molecule has 0 saturated heterocycles. The van der Waals surface area contributed by atoms with Crippen molar-refractivity contribution >= 4 is 0 Å². The van der Waals surface area contributed by atoms with E-state index in [-0.39, 0.29) is 0 Å². The Labute approximate surface area is 76.3 Å². The Balaban J connectivity index is 2.47. The van der Waals surface area contributed by atoms with Crippen LogP contribution in [0.2, 0.25) is 0 Å². The highest BCUT2D eigenvalue weighted by molar-refractivity contribution is 5.53. The number of aromatic nitrogens is 4. The van der Waals surface area contributed by atoms with E-state index >= 15 is 0 Å². The van der Waals surface area contributed by atoms with E-state index < -0.39 is 0 Å². The van der Waals surface area contributed by atoms with Crippen LogP contribution in [0.25, 0.3) is 11.4 Å². The molecule has 2 aromatic rings. The summed E-state index contributed by atoms with van der Waals surface area (Å²) >= 11 is 0. The summed E-state index contributed by atoms with van der Waals surface area (Å²) in [5.41, 5.74) is 1.02. The summed E-state index contributed by atoms with van der Waals surface area (Å²) in [7, 11) is 0.